The standard InChI is InChI=1S/C18H20O6/c1-20-12-6-4-11(5-7-12)17(19)13-8-15-16(24-10-23-15)9-14(13)18(21-2)22-3/h4-9,17-19H,10H2,1-3H3. The Bertz CT molecular complexity index is 693. The zero-order chi connectivity index (χ0) is 17.1. The number of aliphatic hydroxyl groups is 1. The van der Waals surface area contributed by atoms with Crippen LogP contribution in [0.3, 0.4) is 0 Å². The first-order valence-electron chi connectivity index (χ1n) is 7.49. The highest BCUT2D eigenvalue weighted by Gasteiger charge is 2.26. The minimum Gasteiger partial charge on any atom is -0.497 e. The van der Waals surface area contributed by atoms with Crippen LogP contribution in [0.5, 0.6) is 17.2 Å². The van der Waals surface area contributed by atoms with Crippen molar-refractivity contribution in [3.05, 3.63) is 53.1 Å². The molecular formula is C18H20O6. The number of methoxy groups -OCH3 is 3. The molecule has 0 amide bonds. The molecule has 128 valence electrons. The van der Waals surface area contributed by atoms with Gasteiger partial charge in [0.1, 0.15) is 11.9 Å². The van der Waals surface area contributed by atoms with Gasteiger partial charge in [-0.05, 0) is 35.4 Å². The van der Waals surface area contributed by atoms with Crippen LogP contribution in [0.4, 0.5) is 0 Å². The molecule has 1 N–H and O–H groups in total. The summed E-state index contributed by atoms with van der Waals surface area (Å²) in [5, 5.41) is 10.9. The Morgan fingerprint density at radius 3 is 2.04 bits per heavy atom. The zero-order valence-corrected chi connectivity index (χ0v) is 13.8. The second-order valence-corrected chi connectivity index (χ2v) is 5.31. The average molecular weight is 332 g/mol. The summed E-state index contributed by atoms with van der Waals surface area (Å²) in [5.74, 6) is 1.92. The molecular weight excluding hydrogens is 312 g/mol. The normalized spacial score (nSPS) is 14.0. The summed E-state index contributed by atoms with van der Waals surface area (Å²) in [4.78, 5) is 0. The number of fused-ring (bicyclic) bond motifs is 1. The van der Waals surface area contributed by atoms with Crippen LogP contribution in [0.25, 0.3) is 0 Å². The van der Waals surface area contributed by atoms with Gasteiger partial charge in [-0.3, -0.25) is 0 Å². The summed E-state index contributed by atoms with van der Waals surface area (Å²) in [6, 6.07) is 10.8. The Balaban J connectivity index is 2.03. The first kappa shape index (κ1) is 16.6. The molecule has 0 bridgehead atoms. The van der Waals surface area contributed by atoms with Crippen LogP contribution in [0.2, 0.25) is 0 Å². The maximum atomic E-state index is 10.9. The van der Waals surface area contributed by atoms with E-state index in [1.54, 1.807) is 45.6 Å². The SMILES string of the molecule is COc1ccc(C(O)c2cc3c(cc2C(OC)OC)OCO3)cc1. The summed E-state index contributed by atoms with van der Waals surface area (Å²) in [6.07, 6.45) is -1.49. The smallest absolute Gasteiger partial charge is 0.231 e. The van der Waals surface area contributed by atoms with Crippen molar-refractivity contribution < 1.29 is 28.8 Å². The first-order valence-corrected chi connectivity index (χ1v) is 7.49. The lowest BCUT2D eigenvalue weighted by atomic mass is 9.95. The van der Waals surface area contributed by atoms with E-state index in [1.165, 1.54) is 0 Å². The molecule has 6 heteroatoms. The van der Waals surface area contributed by atoms with Crippen LogP contribution in [0, 0.1) is 0 Å². The Kier molecular flexibility index (Phi) is 4.89. The molecule has 0 saturated carbocycles. The van der Waals surface area contributed by atoms with E-state index in [0.29, 0.717) is 22.6 Å². The van der Waals surface area contributed by atoms with Crippen molar-refractivity contribution in [2.75, 3.05) is 28.1 Å². The Hall–Kier alpha value is -2.28. The third-order valence-electron chi connectivity index (χ3n) is 3.99. The summed E-state index contributed by atoms with van der Waals surface area (Å²) >= 11 is 0. The fourth-order valence-corrected chi connectivity index (χ4v) is 2.73. The van der Waals surface area contributed by atoms with Gasteiger partial charge in [0, 0.05) is 19.8 Å². The molecule has 0 fully saturated rings. The van der Waals surface area contributed by atoms with Gasteiger partial charge in [0.05, 0.1) is 7.11 Å². The average Bonchev–Trinajstić information content (AvgIpc) is 3.09. The quantitative estimate of drug-likeness (QED) is 0.821. The molecule has 0 aliphatic carbocycles. The molecule has 1 aliphatic heterocycles. The van der Waals surface area contributed by atoms with E-state index >= 15 is 0 Å². The summed E-state index contributed by atoms with van der Waals surface area (Å²) in [7, 11) is 4.69. The highest BCUT2D eigenvalue weighted by Crippen LogP contribution is 2.41. The number of rotatable bonds is 6. The molecule has 24 heavy (non-hydrogen) atoms. The molecule has 2 aromatic rings. The van der Waals surface area contributed by atoms with Crippen LogP contribution < -0.4 is 14.2 Å². The van der Waals surface area contributed by atoms with Crippen molar-refractivity contribution >= 4 is 0 Å². The van der Waals surface area contributed by atoms with Crippen LogP contribution >= 0.6 is 0 Å². The largest absolute Gasteiger partial charge is 0.497 e. The highest BCUT2D eigenvalue weighted by molar-refractivity contribution is 5.51. The van der Waals surface area contributed by atoms with Crippen LogP contribution in [-0.2, 0) is 9.47 Å². The van der Waals surface area contributed by atoms with Crippen molar-refractivity contribution in [2.45, 2.75) is 12.4 Å². The van der Waals surface area contributed by atoms with Crippen molar-refractivity contribution in [2.24, 2.45) is 0 Å². The van der Waals surface area contributed by atoms with Crippen LogP contribution in [0.15, 0.2) is 36.4 Å². The molecule has 3 rings (SSSR count). The van der Waals surface area contributed by atoms with Gasteiger partial charge in [-0.15, -0.1) is 0 Å². The topological polar surface area (TPSA) is 66.4 Å². The molecule has 0 saturated heterocycles. The number of ether oxygens (including phenoxy) is 5. The molecule has 1 heterocycles. The van der Waals surface area contributed by atoms with Gasteiger partial charge >= 0.3 is 0 Å². The van der Waals surface area contributed by atoms with E-state index in [2.05, 4.69) is 0 Å². The number of benzene rings is 2. The van der Waals surface area contributed by atoms with Gasteiger partial charge in [0.15, 0.2) is 17.8 Å². The molecule has 1 unspecified atom stereocenters. The van der Waals surface area contributed by atoms with E-state index in [-0.39, 0.29) is 6.79 Å². The molecule has 0 aromatic heterocycles. The van der Waals surface area contributed by atoms with Gasteiger partial charge in [-0.2, -0.15) is 0 Å². The lowest BCUT2D eigenvalue weighted by molar-refractivity contribution is -0.107. The van der Waals surface area contributed by atoms with Gasteiger partial charge in [-0.25, -0.2) is 0 Å². The van der Waals surface area contributed by atoms with Gasteiger partial charge in [0.2, 0.25) is 6.79 Å². The molecule has 6 nitrogen and oxygen atoms in total. The van der Waals surface area contributed by atoms with Crippen molar-refractivity contribution in [1.82, 2.24) is 0 Å². The van der Waals surface area contributed by atoms with Gasteiger partial charge < -0.3 is 28.8 Å². The van der Waals surface area contributed by atoms with E-state index in [9.17, 15) is 5.11 Å². The monoisotopic (exact) mass is 332 g/mol. The van der Waals surface area contributed by atoms with Crippen LogP contribution in [0.1, 0.15) is 29.1 Å². The third kappa shape index (κ3) is 3.03. The summed E-state index contributed by atoms with van der Waals surface area (Å²) in [5.41, 5.74) is 2.05. The minimum atomic E-state index is -0.867. The molecule has 0 spiro atoms. The Morgan fingerprint density at radius 2 is 1.50 bits per heavy atom. The van der Waals surface area contributed by atoms with Crippen molar-refractivity contribution in [3.63, 3.8) is 0 Å². The fourth-order valence-electron chi connectivity index (χ4n) is 2.73. The lowest BCUT2D eigenvalue weighted by Crippen LogP contribution is -2.11. The van der Waals surface area contributed by atoms with Gasteiger partial charge in [0.25, 0.3) is 0 Å². The predicted molar refractivity (Wildman–Crippen MR) is 86.4 cm³/mol. The number of hydrogen-bond donors (Lipinski definition) is 1. The lowest BCUT2D eigenvalue weighted by Gasteiger charge is -2.22. The van der Waals surface area contributed by atoms with Crippen LogP contribution in [-0.4, -0.2) is 33.2 Å². The number of aliphatic hydroxyl groups excluding tert-OH is 1. The Labute approximate surface area is 140 Å². The second-order valence-electron chi connectivity index (χ2n) is 5.31. The van der Waals surface area contributed by atoms with Gasteiger partial charge in [-0.1, -0.05) is 12.1 Å². The maximum Gasteiger partial charge on any atom is 0.231 e. The minimum absolute atomic E-state index is 0.154. The van der Waals surface area contributed by atoms with Crippen molar-refractivity contribution in [1.29, 1.82) is 0 Å². The number of hydrogen-bond acceptors (Lipinski definition) is 6. The highest BCUT2D eigenvalue weighted by atomic mass is 16.7. The second kappa shape index (κ2) is 7.09. The van der Waals surface area contributed by atoms with E-state index in [0.717, 1.165) is 11.3 Å². The summed E-state index contributed by atoms with van der Waals surface area (Å²) in [6.45, 7) is 0.154. The maximum absolute atomic E-state index is 10.9. The molecule has 1 aliphatic rings. The third-order valence-corrected chi connectivity index (χ3v) is 3.99. The molecule has 1 atom stereocenters. The van der Waals surface area contributed by atoms with E-state index in [1.807, 2.05) is 12.1 Å². The molecule has 0 radical (unpaired) electrons. The first-order chi connectivity index (χ1) is 11.7. The predicted octanol–water partition coefficient (Wildman–Crippen LogP) is 2.80. The molecule has 2 aromatic carbocycles. The van der Waals surface area contributed by atoms with E-state index in [4.69, 9.17) is 23.7 Å². The van der Waals surface area contributed by atoms with Crippen molar-refractivity contribution in [3.8, 4) is 17.2 Å². The Morgan fingerprint density at radius 1 is 0.917 bits per heavy atom. The zero-order valence-electron chi connectivity index (χ0n) is 13.8. The summed E-state index contributed by atoms with van der Waals surface area (Å²) < 4.78 is 26.7. The van der Waals surface area contributed by atoms with E-state index < -0.39 is 12.4 Å². The fraction of sp³-hybridized carbons (Fsp3) is 0.333.